The molecule has 4 nitrogen and oxygen atoms in total. The first kappa shape index (κ1) is 12.5. The molecule has 0 aliphatic rings. The number of benzene rings is 1. The molecule has 4 heteroatoms. The molecule has 1 heterocycles. The average Bonchev–Trinajstić information content (AvgIpc) is 2.37. The summed E-state index contributed by atoms with van der Waals surface area (Å²) < 4.78 is 5.03. The van der Waals surface area contributed by atoms with E-state index in [4.69, 9.17) is 10.5 Å². The molecule has 0 saturated carbocycles. The highest BCUT2D eigenvalue weighted by atomic mass is 16.5. The van der Waals surface area contributed by atoms with Gasteiger partial charge in [0.05, 0.1) is 17.7 Å². The second-order valence-electron chi connectivity index (χ2n) is 4.11. The van der Waals surface area contributed by atoms with E-state index in [0.29, 0.717) is 12.2 Å². The van der Waals surface area contributed by atoms with Gasteiger partial charge >= 0.3 is 5.97 Å². The Bertz CT molecular complexity index is 579. The van der Waals surface area contributed by atoms with Crippen LogP contribution in [0.4, 0.5) is 0 Å². The summed E-state index contributed by atoms with van der Waals surface area (Å²) >= 11 is 0. The number of aromatic nitrogens is 1. The third-order valence-electron chi connectivity index (χ3n) is 2.77. The lowest BCUT2D eigenvalue weighted by Gasteiger charge is -2.14. The number of nitrogens with two attached hydrogens (primary N) is 1. The summed E-state index contributed by atoms with van der Waals surface area (Å²) in [6.45, 7) is 3.96. The van der Waals surface area contributed by atoms with E-state index in [1.807, 2.05) is 31.2 Å². The maximum absolute atomic E-state index is 11.9. The first-order chi connectivity index (χ1) is 8.65. The standard InChI is InChI=1S/C14H16N2O2/c1-3-18-14(17)11-8-16-12-7-5-4-6-10(12)13(11)9(2)15/h4-9H,3,15H2,1-2H3. The lowest BCUT2D eigenvalue weighted by atomic mass is 9.98. The van der Waals surface area contributed by atoms with Crippen molar-refractivity contribution in [2.24, 2.45) is 5.73 Å². The minimum absolute atomic E-state index is 0.252. The first-order valence-corrected chi connectivity index (χ1v) is 5.95. The van der Waals surface area contributed by atoms with Crippen LogP contribution in [-0.4, -0.2) is 17.6 Å². The fraction of sp³-hybridized carbons (Fsp3) is 0.286. The maximum Gasteiger partial charge on any atom is 0.340 e. The van der Waals surface area contributed by atoms with Crippen LogP contribution in [0.3, 0.4) is 0 Å². The van der Waals surface area contributed by atoms with E-state index in [1.165, 1.54) is 0 Å². The number of carbonyl (C=O) groups excluding carboxylic acids is 1. The summed E-state index contributed by atoms with van der Waals surface area (Å²) in [5.41, 5.74) is 8.05. The van der Waals surface area contributed by atoms with Gasteiger partial charge in [-0.25, -0.2) is 4.79 Å². The molecule has 0 fully saturated rings. The molecule has 94 valence electrons. The topological polar surface area (TPSA) is 65.2 Å². The minimum Gasteiger partial charge on any atom is -0.462 e. The third kappa shape index (κ3) is 2.19. The zero-order chi connectivity index (χ0) is 13.1. The normalized spacial score (nSPS) is 12.4. The predicted octanol–water partition coefficient (Wildman–Crippen LogP) is 2.43. The van der Waals surface area contributed by atoms with E-state index in [-0.39, 0.29) is 12.0 Å². The molecule has 2 aromatic rings. The molecular formula is C14H16N2O2. The molecule has 0 amide bonds. The number of esters is 1. The summed E-state index contributed by atoms with van der Waals surface area (Å²) in [4.78, 5) is 16.2. The van der Waals surface area contributed by atoms with Gasteiger partial charge in [-0.2, -0.15) is 0 Å². The van der Waals surface area contributed by atoms with Crippen molar-refractivity contribution in [1.29, 1.82) is 0 Å². The Kier molecular flexibility index (Phi) is 3.58. The van der Waals surface area contributed by atoms with Crippen LogP contribution < -0.4 is 5.73 Å². The number of rotatable bonds is 3. The smallest absolute Gasteiger partial charge is 0.340 e. The molecule has 0 radical (unpaired) electrons. The molecule has 0 spiro atoms. The van der Waals surface area contributed by atoms with Crippen LogP contribution in [0.25, 0.3) is 10.9 Å². The Morgan fingerprint density at radius 3 is 2.83 bits per heavy atom. The van der Waals surface area contributed by atoms with E-state index in [1.54, 1.807) is 13.1 Å². The summed E-state index contributed by atoms with van der Waals surface area (Å²) in [6.07, 6.45) is 1.54. The van der Waals surface area contributed by atoms with Crippen molar-refractivity contribution in [3.63, 3.8) is 0 Å². The maximum atomic E-state index is 11.9. The molecule has 0 bridgehead atoms. The summed E-state index contributed by atoms with van der Waals surface area (Å²) in [5, 5.41) is 0.901. The lowest BCUT2D eigenvalue weighted by molar-refractivity contribution is 0.0524. The number of para-hydroxylation sites is 1. The highest BCUT2D eigenvalue weighted by Gasteiger charge is 2.18. The second-order valence-corrected chi connectivity index (χ2v) is 4.11. The third-order valence-corrected chi connectivity index (χ3v) is 2.77. The Labute approximate surface area is 106 Å². The SMILES string of the molecule is CCOC(=O)c1cnc2ccccc2c1C(C)N. The number of fused-ring (bicyclic) bond motifs is 1. The lowest BCUT2D eigenvalue weighted by Crippen LogP contribution is -2.15. The van der Waals surface area contributed by atoms with Crippen LogP contribution in [0.2, 0.25) is 0 Å². The van der Waals surface area contributed by atoms with Crippen molar-refractivity contribution in [2.45, 2.75) is 19.9 Å². The fourth-order valence-electron chi connectivity index (χ4n) is 2.02. The van der Waals surface area contributed by atoms with Crippen LogP contribution >= 0.6 is 0 Å². The summed E-state index contributed by atoms with van der Waals surface area (Å²) in [5.74, 6) is -0.372. The van der Waals surface area contributed by atoms with Gasteiger partial charge in [0, 0.05) is 17.6 Å². The molecule has 2 rings (SSSR count). The van der Waals surface area contributed by atoms with E-state index in [2.05, 4.69) is 4.98 Å². The number of nitrogens with zero attached hydrogens (tertiary/aromatic N) is 1. The van der Waals surface area contributed by atoms with Gasteiger partial charge < -0.3 is 10.5 Å². The van der Waals surface area contributed by atoms with Gasteiger partial charge in [-0.1, -0.05) is 18.2 Å². The highest BCUT2D eigenvalue weighted by Crippen LogP contribution is 2.25. The molecule has 18 heavy (non-hydrogen) atoms. The number of ether oxygens (including phenoxy) is 1. The molecular weight excluding hydrogens is 228 g/mol. The van der Waals surface area contributed by atoms with Crippen molar-refractivity contribution in [1.82, 2.24) is 4.98 Å². The molecule has 0 saturated heterocycles. The van der Waals surface area contributed by atoms with Gasteiger partial charge in [-0.3, -0.25) is 4.98 Å². The molecule has 1 aromatic carbocycles. The number of carbonyl (C=O) groups is 1. The quantitative estimate of drug-likeness (QED) is 0.842. The number of hydrogen-bond acceptors (Lipinski definition) is 4. The Morgan fingerprint density at radius 1 is 1.44 bits per heavy atom. The fourth-order valence-corrected chi connectivity index (χ4v) is 2.02. The van der Waals surface area contributed by atoms with Crippen molar-refractivity contribution in [3.05, 3.63) is 41.6 Å². The van der Waals surface area contributed by atoms with Crippen molar-refractivity contribution in [2.75, 3.05) is 6.61 Å². The molecule has 0 aliphatic carbocycles. The average molecular weight is 244 g/mol. The first-order valence-electron chi connectivity index (χ1n) is 5.95. The minimum atomic E-state index is -0.372. The van der Waals surface area contributed by atoms with Gasteiger partial charge in [0.15, 0.2) is 0 Å². The Morgan fingerprint density at radius 2 is 2.17 bits per heavy atom. The van der Waals surface area contributed by atoms with Gasteiger partial charge in [0.25, 0.3) is 0 Å². The van der Waals surface area contributed by atoms with Crippen LogP contribution in [0.15, 0.2) is 30.5 Å². The van der Waals surface area contributed by atoms with Gasteiger partial charge in [-0.15, -0.1) is 0 Å². The predicted molar refractivity (Wildman–Crippen MR) is 70.3 cm³/mol. The largest absolute Gasteiger partial charge is 0.462 e. The molecule has 1 unspecified atom stereocenters. The monoisotopic (exact) mass is 244 g/mol. The van der Waals surface area contributed by atoms with Gasteiger partial charge in [0.1, 0.15) is 0 Å². The van der Waals surface area contributed by atoms with Crippen LogP contribution in [0.5, 0.6) is 0 Å². The Hall–Kier alpha value is -1.94. The Balaban J connectivity index is 2.66. The van der Waals surface area contributed by atoms with E-state index >= 15 is 0 Å². The van der Waals surface area contributed by atoms with Crippen LogP contribution in [0, 0.1) is 0 Å². The van der Waals surface area contributed by atoms with Gasteiger partial charge in [0.2, 0.25) is 0 Å². The molecule has 2 N–H and O–H groups in total. The van der Waals surface area contributed by atoms with Crippen LogP contribution in [-0.2, 0) is 4.74 Å². The summed E-state index contributed by atoms with van der Waals surface area (Å²) in [6, 6.07) is 7.38. The number of pyridine rings is 1. The van der Waals surface area contributed by atoms with E-state index in [0.717, 1.165) is 16.5 Å². The molecule has 1 aromatic heterocycles. The second kappa shape index (κ2) is 5.14. The van der Waals surface area contributed by atoms with E-state index in [9.17, 15) is 4.79 Å². The van der Waals surface area contributed by atoms with Crippen molar-refractivity contribution >= 4 is 16.9 Å². The van der Waals surface area contributed by atoms with Crippen LogP contribution in [0.1, 0.15) is 35.8 Å². The summed E-state index contributed by atoms with van der Waals surface area (Å²) in [7, 11) is 0. The molecule has 0 aliphatic heterocycles. The van der Waals surface area contributed by atoms with Crippen molar-refractivity contribution in [3.8, 4) is 0 Å². The highest BCUT2D eigenvalue weighted by molar-refractivity contribution is 5.97. The van der Waals surface area contributed by atoms with Gasteiger partial charge in [-0.05, 0) is 25.5 Å². The number of hydrogen-bond donors (Lipinski definition) is 1. The molecule has 1 atom stereocenters. The zero-order valence-electron chi connectivity index (χ0n) is 10.5. The zero-order valence-corrected chi connectivity index (χ0v) is 10.5. The van der Waals surface area contributed by atoms with Crippen molar-refractivity contribution < 1.29 is 9.53 Å². The van der Waals surface area contributed by atoms with E-state index < -0.39 is 0 Å².